The summed E-state index contributed by atoms with van der Waals surface area (Å²) in [6.45, 7) is 1.11. The number of benzene rings is 3. The van der Waals surface area contributed by atoms with Crippen LogP contribution in [-0.2, 0) is 22.5 Å². The predicted octanol–water partition coefficient (Wildman–Crippen LogP) is 4.60. The smallest absolute Gasteiger partial charge is 0.337 e. The summed E-state index contributed by atoms with van der Waals surface area (Å²) in [7, 11) is 1.37. The van der Waals surface area contributed by atoms with Crippen LogP contribution in [0.5, 0.6) is 0 Å². The van der Waals surface area contributed by atoms with Gasteiger partial charge in [-0.3, -0.25) is 4.79 Å². The van der Waals surface area contributed by atoms with Gasteiger partial charge in [-0.1, -0.05) is 66.7 Å². The van der Waals surface area contributed by atoms with Gasteiger partial charge in [0.2, 0.25) is 0 Å². The largest absolute Gasteiger partial charge is 0.465 e. The number of methoxy groups -OCH3 is 1. The fourth-order valence-electron chi connectivity index (χ4n) is 3.75. The van der Waals surface area contributed by atoms with E-state index in [2.05, 4.69) is 0 Å². The summed E-state index contributed by atoms with van der Waals surface area (Å²) in [5.41, 5.74) is 5.20. The summed E-state index contributed by atoms with van der Waals surface area (Å²) in [6.07, 6.45) is 2.70. The van der Waals surface area contributed by atoms with Crippen molar-refractivity contribution in [3.63, 3.8) is 0 Å². The Kier molecular flexibility index (Phi) is 5.75. The lowest BCUT2D eigenvalue weighted by atomic mass is 9.95. The number of nitrogens with zero attached hydrogens (tertiary/aromatic N) is 1. The molecule has 3 aromatic rings. The van der Waals surface area contributed by atoms with Crippen LogP contribution in [0.1, 0.15) is 32.6 Å². The molecule has 1 aliphatic rings. The molecule has 0 N–H and O–H groups in total. The second-order valence-corrected chi connectivity index (χ2v) is 7.29. The van der Waals surface area contributed by atoms with E-state index in [-0.39, 0.29) is 11.9 Å². The van der Waals surface area contributed by atoms with E-state index in [1.54, 1.807) is 6.07 Å². The average molecular weight is 397 g/mol. The Bertz CT molecular complexity index is 1090. The molecular formula is C26H23NO3. The highest BCUT2D eigenvalue weighted by molar-refractivity contribution is 6.24. The summed E-state index contributed by atoms with van der Waals surface area (Å²) in [4.78, 5) is 27.3. The van der Waals surface area contributed by atoms with E-state index >= 15 is 0 Å². The molecule has 30 heavy (non-hydrogen) atoms. The first-order valence-corrected chi connectivity index (χ1v) is 9.97. The molecule has 1 heterocycles. The Morgan fingerprint density at radius 1 is 0.867 bits per heavy atom. The SMILES string of the molecule is COC(=O)c1ccc2c(c1)CN(C(=O)/C(=C\c1ccccc1)c1ccccc1)CC2. The fraction of sp³-hybridized carbons (Fsp3) is 0.154. The van der Waals surface area contributed by atoms with Gasteiger partial charge in [0.15, 0.2) is 0 Å². The Morgan fingerprint density at radius 3 is 2.27 bits per heavy atom. The Hall–Kier alpha value is -3.66. The average Bonchev–Trinajstić information content (AvgIpc) is 2.82. The van der Waals surface area contributed by atoms with Gasteiger partial charge < -0.3 is 9.64 Å². The van der Waals surface area contributed by atoms with Crippen LogP contribution in [0.25, 0.3) is 11.6 Å². The Labute approximate surface area is 176 Å². The summed E-state index contributed by atoms with van der Waals surface area (Å²) >= 11 is 0. The third-order valence-corrected chi connectivity index (χ3v) is 5.35. The maximum Gasteiger partial charge on any atom is 0.337 e. The van der Waals surface area contributed by atoms with E-state index in [1.807, 2.05) is 83.8 Å². The second-order valence-electron chi connectivity index (χ2n) is 7.29. The van der Waals surface area contributed by atoms with Crippen molar-refractivity contribution < 1.29 is 14.3 Å². The molecule has 0 unspecified atom stereocenters. The van der Waals surface area contributed by atoms with Crippen molar-refractivity contribution in [2.24, 2.45) is 0 Å². The van der Waals surface area contributed by atoms with Crippen molar-refractivity contribution in [3.05, 3.63) is 107 Å². The number of amides is 1. The van der Waals surface area contributed by atoms with Crippen molar-refractivity contribution in [3.8, 4) is 0 Å². The quantitative estimate of drug-likeness (QED) is 0.367. The number of rotatable bonds is 4. The minimum atomic E-state index is -0.366. The normalized spacial score (nSPS) is 13.5. The van der Waals surface area contributed by atoms with Gasteiger partial charge in [0.25, 0.3) is 5.91 Å². The van der Waals surface area contributed by atoms with Gasteiger partial charge in [0.1, 0.15) is 0 Å². The molecule has 0 atom stereocenters. The van der Waals surface area contributed by atoms with Crippen LogP contribution in [0.15, 0.2) is 78.9 Å². The van der Waals surface area contributed by atoms with Gasteiger partial charge >= 0.3 is 5.97 Å². The van der Waals surface area contributed by atoms with Crippen molar-refractivity contribution in [1.29, 1.82) is 0 Å². The van der Waals surface area contributed by atoms with E-state index in [1.165, 1.54) is 12.7 Å². The molecule has 0 saturated carbocycles. The molecule has 0 aromatic heterocycles. The third kappa shape index (κ3) is 4.18. The van der Waals surface area contributed by atoms with E-state index in [9.17, 15) is 9.59 Å². The van der Waals surface area contributed by atoms with E-state index < -0.39 is 0 Å². The number of carbonyl (C=O) groups excluding carboxylic acids is 2. The van der Waals surface area contributed by atoms with Crippen molar-refractivity contribution in [1.82, 2.24) is 4.90 Å². The number of hydrogen-bond acceptors (Lipinski definition) is 3. The molecule has 0 spiro atoms. The second kappa shape index (κ2) is 8.78. The summed E-state index contributed by atoms with van der Waals surface area (Å²) < 4.78 is 4.84. The van der Waals surface area contributed by atoms with Gasteiger partial charge in [-0.25, -0.2) is 4.79 Å². The van der Waals surface area contributed by atoms with Crippen LogP contribution in [0.3, 0.4) is 0 Å². The summed E-state index contributed by atoms with van der Waals surface area (Å²) in [5.74, 6) is -0.380. The highest BCUT2D eigenvalue weighted by Gasteiger charge is 2.25. The summed E-state index contributed by atoms with van der Waals surface area (Å²) in [5, 5.41) is 0. The lowest BCUT2D eigenvalue weighted by Gasteiger charge is -2.30. The number of carbonyl (C=O) groups is 2. The third-order valence-electron chi connectivity index (χ3n) is 5.35. The van der Waals surface area contributed by atoms with Gasteiger partial charge in [0.05, 0.1) is 12.7 Å². The molecule has 0 aliphatic carbocycles. The zero-order chi connectivity index (χ0) is 20.9. The highest BCUT2D eigenvalue weighted by atomic mass is 16.5. The lowest BCUT2D eigenvalue weighted by Crippen LogP contribution is -2.36. The molecule has 4 heteroatoms. The molecule has 4 nitrogen and oxygen atoms in total. The maximum atomic E-state index is 13.6. The topological polar surface area (TPSA) is 46.6 Å². The highest BCUT2D eigenvalue weighted by Crippen LogP contribution is 2.26. The van der Waals surface area contributed by atoms with Crippen LogP contribution in [0.4, 0.5) is 0 Å². The van der Waals surface area contributed by atoms with Crippen LogP contribution in [0.2, 0.25) is 0 Å². The first kappa shape index (κ1) is 19.6. The molecule has 0 saturated heterocycles. The molecule has 150 valence electrons. The van der Waals surface area contributed by atoms with E-state index in [0.717, 1.165) is 23.1 Å². The first-order chi connectivity index (χ1) is 14.7. The molecule has 3 aromatic carbocycles. The maximum absolute atomic E-state index is 13.6. The molecule has 1 aliphatic heterocycles. The molecule has 0 radical (unpaired) electrons. The molecule has 4 rings (SSSR count). The monoisotopic (exact) mass is 397 g/mol. The number of fused-ring (bicyclic) bond motifs is 1. The summed E-state index contributed by atoms with van der Waals surface area (Å²) in [6, 6.07) is 25.2. The van der Waals surface area contributed by atoms with Crippen molar-refractivity contribution in [2.45, 2.75) is 13.0 Å². The number of ether oxygens (including phenoxy) is 1. The molecular weight excluding hydrogens is 374 g/mol. The van der Waals surface area contributed by atoms with E-state index in [0.29, 0.717) is 24.2 Å². The van der Waals surface area contributed by atoms with Gasteiger partial charge in [-0.15, -0.1) is 0 Å². The van der Waals surface area contributed by atoms with Crippen molar-refractivity contribution in [2.75, 3.05) is 13.7 Å². The van der Waals surface area contributed by atoms with Crippen LogP contribution in [-0.4, -0.2) is 30.4 Å². The van der Waals surface area contributed by atoms with Crippen LogP contribution < -0.4 is 0 Å². The lowest BCUT2D eigenvalue weighted by molar-refractivity contribution is -0.125. The zero-order valence-corrected chi connectivity index (χ0v) is 16.9. The Balaban J connectivity index is 1.66. The molecule has 1 amide bonds. The van der Waals surface area contributed by atoms with Gasteiger partial charge in [0, 0.05) is 18.7 Å². The van der Waals surface area contributed by atoms with Gasteiger partial charge in [-0.05, 0) is 46.9 Å². The Morgan fingerprint density at radius 2 is 1.57 bits per heavy atom. The van der Waals surface area contributed by atoms with Gasteiger partial charge in [-0.2, -0.15) is 0 Å². The predicted molar refractivity (Wildman–Crippen MR) is 118 cm³/mol. The fourth-order valence-corrected chi connectivity index (χ4v) is 3.75. The molecule has 0 bridgehead atoms. The first-order valence-electron chi connectivity index (χ1n) is 9.97. The van der Waals surface area contributed by atoms with Crippen LogP contribution >= 0.6 is 0 Å². The minimum Gasteiger partial charge on any atom is -0.465 e. The number of hydrogen-bond donors (Lipinski definition) is 0. The molecule has 0 fully saturated rings. The minimum absolute atomic E-state index is 0.0147. The standard InChI is InChI=1S/C26H23NO3/c1-30-26(29)22-13-12-20-14-15-27(18-23(20)17-22)25(28)24(21-10-6-3-7-11-21)16-19-8-4-2-5-9-19/h2-13,16-17H,14-15,18H2,1H3/b24-16-. The van der Waals surface area contributed by atoms with Crippen LogP contribution in [0, 0.1) is 0 Å². The van der Waals surface area contributed by atoms with Crippen molar-refractivity contribution >= 4 is 23.5 Å². The zero-order valence-electron chi connectivity index (χ0n) is 16.9. The number of esters is 1. The van der Waals surface area contributed by atoms with E-state index in [4.69, 9.17) is 4.74 Å².